The molecule has 0 aromatic heterocycles. The van der Waals surface area contributed by atoms with E-state index in [4.69, 9.17) is 11.6 Å². The third kappa shape index (κ3) is 3.31. The number of rotatable bonds is 4. The Morgan fingerprint density at radius 3 is 2.42 bits per heavy atom. The van der Waals surface area contributed by atoms with Gasteiger partial charge in [0.2, 0.25) is 0 Å². The molecule has 0 radical (unpaired) electrons. The summed E-state index contributed by atoms with van der Waals surface area (Å²) in [6, 6.07) is 10.8. The highest BCUT2D eigenvalue weighted by Gasteiger charge is 2.12. The number of benzene rings is 2. The van der Waals surface area contributed by atoms with Gasteiger partial charge in [0.1, 0.15) is 11.6 Å². The first-order chi connectivity index (χ1) is 9.09. The molecule has 0 amide bonds. The predicted molar refractivity (Wildman–Crippen MR) is 73.1 cm³/mol. The van der Waals surface area contributed by atoms with Crippen molar-refractivity contribution in [3.63, 3.8) is 0 Å². The van der Waals surface area contributed by atoms with Gasteiger partial charge < -0.3 is 5.32 Å². The van der Waals surface area contributed by atoms with Gasteiger partial charge >= 0.3 is 0 Å². The molecule has 2 rings (SSSR count). The summed E-state index contributed by atoms with van der Waals surface area (Å²) in [7, 11) is 0. The lowest BCUT2D eigenvalue weighted by Gasteiger charge is -2.16. The highest BCUT2D eigenvalue weighted by Crippen LogP contribution is 2.21. The van der Waals surface area contributed by atoms with Gasteiger partial charge in [-0.25, -0.2) is 8.78 Å². The molecular weight excluding hydrogens is 268 g/mol. The van der Waals surface area contributed by atoms with Crippen LogP contribution in [0, 0.1) is 11.6 Å². The molecule has 0 bridgehead atoms. The van der Waals surface area contributed by atoms with E-state index in [2.05, 4.69) is 5.32 Å². The molecule has 100 valence electrons. The number of nitrogens with one attached hydrogen (secondary N) is 1. The zero-order chi connectivity index (χ0) is 13.8. The van der Waals surface area contributed by atoms with Gasteiger partial charge in [-0.2, -0.15) is 0 Å². The van der Waals surface area contributed by atoms with Crippen molar-refractivity contribution < 1.29 is 8.78 Å². The zero-order valence-electron chi connectivity index (χ0n) is 10.5. The van der Waals surface area contributed by atoms with Crippen molar-refractivity contribution in [2.24, 2.45) is 0 Å². The lowest BCUT2D eigenvalue weighted by atomic mass is 10.1. The molecule has 1 N–H and O–H groups in total. The van der Waals surface area contributed by atoms with Gasteiger partial charge in [0.25, 0.3) is 0 Å². The number of hydrogen-bond acceptors (Lipinski definition) is 1. The maximum Gasteiger partial charge on any atom is 0.129 e. The van der Waals surface area contributed by atoms with Crippen LogP contribution in [0.15, 0.2) is 42.5 Å². The largest absolute Gasteiger partial charge is 0.306 e. The number of halogens is 3. The fourth-order valence-corrected chi connectivity index (χ4v) is 2.12. The van der Waals surface area contributed by atoms with Crippen molar-refractivity contribution in [3.05, 3.63) is 70.2 Å². The molecule has 1 nitrogen and oxygen atoms in total. The summed E-state index contributed by atoms with van der Waals surface area (Å²) in [6.07, 6.45) is 0. The Labute approximate surface area is 116 Å². The van der Waals surface area contributed by atoms with E-state index in [-0.39, 0.29) is 24.2 Å². The van der Waals surface area contributed by atoms with E-state index >= 15 is 0 Å². The summed E-state index contributed by atoms with van der Waals surface area (Å²) < 4.78 is 27.2. The van der Waals surface area contributed by atoms with Crippen LogP contribution in [0.4, 0.5) is 8.78 Å². The fraction of sp³-hybridized carbons (Fsp3) is 0.200. The summed E-state index contributed by atoms with van der Waals surface area (Å²) in [4.78, 5) is 0. The molecule has 0 saturated carbocycles. The van der Waals surface area contributed by atoms with Crippen LogP contribution in [-0.4, -0.2) is 0 Å². The standard InChI is InChI=1S/C15H14ClF2N/c1-10(11-5-2-3-7-14(11)17)19-9-12-13(16)6-4-8-15(12)18/h2-8,10,19H,9H2,1H3. The average Bonchev–Trinajstić information content (AvgIpc) is 2.38. The molecule has 2 aromatic rings. The molecule has 4 heteroatoms. The lowest BCUT2D eigenvalue weighted by Crippen LogP contribution is -2.20. The normalized spacial score (nSPS) is 12.4. The maximum atomic E-state index is 13.6. The Morgan fingerprint density at radius 2 is 1.74 bits per heavy atom. The van der Waals surface area contributed by atoms with Gasteiger partial charge in [-0.05, 0) is 25.1 Å². The van der Waals surface area contributed by atoms with Gasteiger partial charge in [0.15, 0.2) is 0 Å². The third-order valence-corrected chi connectivity index (χ3v) is 3.37. The number of hydrogen-bond donors (Lipinski definition) is 1. The van der Waals surface area contributed by atoms with Gasteiger partial charge in [-0.1, -0.05) is 35.9 Å². The van der Waals surface area contributed by atoms with Gasteiger partial charge in [0.05, 0.1) is 0 Å². The highest BCUT2D eigenvalue weighted by molar-refractivity contribution is 6.31. The molecule has 0 aliphatic heterocycles. The molecule has 19 heavy (non-hydrogen) atoms. The van der Waals surface area contributed by atoms with Gasteiger partial charge in [-0.15, -0.1) is 0 Å². The van der Waals surface area contributed by atoms with Crippen LogP contribution in [0.3, 0.4) is 0 Å². The maximum absolute atomic E-state index is 13.6. The van der Waals surface area contributed by atoms with Crippen molar-refractivity contribution in [1.82, 2.24) is 5.32 Å². The summed E-state index contributed by atoms with van der Waals surface area (Å²) >= 11 is 5.94. The highest BCUT2D eigenvalue weighted by atomic mass is 35.5. The first kappa shape index (κ1) is 14.0. The average molecular weight is 282 g/mol. The van der Waals surface area contributed by atoms with E-state index in [1.807, 2.05) is 6.92 Å². The van der Waals surface area contributed by atoms with Crippen LogP contribution in [0.1, 0.15) is 24.1 Å². The van der Waals surface area contributed by atoms with Crippen molar-refractivity contribution in [2.75, 3.05) is 0 Å². The van der Waals surface area contributed by atoms with E-state index < -0.39 is 0 Å². The molecular formula is C15H14ClF2N. The molecule has 0 aliphatic carbocycles. The Hall–Kier alpha value is -1.45. The van der Waals surface area contributed by atoms with Gasteiger partial charge in [0, 0.05) is 28.7 Å². The summed E-state index contributed by atoms with van der Waals surface area (Å²) in [5.41, 5.74) is 0.947. The predicted octanol–water partition coefficient (Wildman–Crippen LogP) is 4.47. The minimum atomic E-state index is -0.360. The monoisotopic (exact) mass is 281 g/mol. The molecule has 0 aliphatic rings. The van der Waals surface area contributed by atoms with E-state index in [0.717, 1.165) is 0 Å². The minimum absolute atomic E-state index is 0.225. The Kier molecular flexibility index (Phi) is 4.51. The van der Waals surface area contributed by atoms with E-state index in [1.165, 1.54) is 12.1 Å². The second-order valence-electron chi connectivity index (χ2n) is 4.32. The van der Waals surface area contributed by atoms with Crippen LogP contribution >= 0.6 is 11.6 Å². The van der Waals surface area contributed by atoms with E-state index in [1.54, 1.807) is 30.3 Å². The zero-order valence-corrected chi connectivity index (χ0v) is 11.2. The lowest BCUT2D eigenvalue weighted by molar-refractivity contribution is 0.516. The molecule has 0 heterocycles. The summed E-state index contributed by atoms with van der Waals surface area (Å²) in [5, 5.41) is 3.44. The van der Waals surface area contributed by atoms with Crippen LogP contribution in [-0.2, 0) is 6.54 Å². The topological polar surface area (TPSA) is 12.0 Å². The Bertz CT molecular complexity index is 552. The Balaban J connectivity index is 2.09. The molecule has 1 unspecified atom stereocenters. The molecule has 1 atom stereocenters. The van der Waals surface area contributed by atoms with Gasteiger partial charge in [-0.3, -0.25) is 0 Å². The van der Waals surface area contributed by atoms with Crippen molar-refractivity contribution in [3.8, 4) is 0 Å². The third-order valence-electron chi connectivity index (χ3n) is 3.02. The van der Waals surface area contributed by atoms with E-state index in [9.17, 15) is 8.78 Å². The first-order valence-electron chi connectivity index (χ1n) is 6.00. The van der Waals surface area contributed by atoms with E-state index in [0.29, 0.717) is 16.1 Å². The summed E-state index contributed by atoms with van der Waals surface area (Å²) in [6.45, 7) is 2.08. The SMILES string of the molecule is CC(NCc1c(F)cccc1Cl)c1ccccc1F. The first-order valence-corrected chi connectivity index (χ1v) is 6.38. The smallest absolute Gasteiger partial charge is 0.129 e. The quantitative estimate of drug-likeness (QED) is 0.872. The van der Waals surface area contributed by atoms with Crippen LogP contribution in [0.25, 0.3) is 0 Å². The van der Waals surface area contributed by atoms with Crippen molar-refractivity contribution >= 4 is 11.6 Å². The van der Waals surface area contributed by atoms with Crippen LogP contribution in [0.5, 0.6) is 0 Å². The molecule has 0 saturated heterocycles. The molecule has 0 spiro atoms. The van der Waals surface area contributed by atoms with Crippen molar-refractivity contribution in [2.45, 2.75) is 19.5 Å². The van der Waals surface area contributed by atoms with Crippen LogP contribution < -0.4 is 5.32 Å². The Morgan fingerprint density at radius 1 is 1.05 bits per heavy atom. The minimum Gasteiger partial charge on any atom is -0.306 e. The second kappa shape index (κ2) is 6.13. The molecule has 0 fully saturated rings. The molecule has 2 aromatic carbocycles. The summed E-state index contributed by atoms with van der Waals surface area (Å²) in [5.74, 6) is -0.636. The van der Waals surface area contributed by atoms with Crippen LogP contribution in [0.2, 0.25) is 5.02 Å². The van der Waals surface area contributed by atoms with Crippen molar-refractivity contribution in [1.29, 1.82) is 0 Å². The fourth-order valence-electron chi connectivity index (χ4n) is 1.89. The second-order valence-corrected chi connectivity index (χ2v) is 4.73.